The predicted molar refractivity (Wildman–Crippen MR) is 33.5 cm³/mol. The lowest BCUT2D eigenvalue weighted by molar-refractivity contribution is 0.318. The predicted octanol–water partition coefficient (Wildman–Crippen LogP) is 0.436. The van der Waals surface area contributed by atoms with Crippen LogP contribution >= 0.6 is 0 Å². The molecule has 47 valence electrons. The SMILES string of the molecule is CC(C[C]=O)N(C)C. The maximum absolute atomic E-state index is 9.77. The molecule has 0 aromatic carbocycles. The van der Waals surface area contributed by atoms with Crippen LogP contribution < -0.4 is 0 Å². The van der Waals surface area contributed by atoms with Crippen LogP contribution in [-0.2, 0) is 4.79 Å². The Labute approximate surface area is 50.5 Å². The fourth-order valence-corrected chi connectivity index (χ4v) is 0.303. The molecule has 0 aromatic heterocycles. The Hall–Kier alpha value is -0.370. The van der Waals surface area contributed by atoms with Gasteiger partial charge in [-0.1, -0.05) is 0 Å². The molecule has 0 amide bonds. The summed E-state index contributed by atoms with van der Waals surface area (Å²) in [4.78, 5) is 11.8. The van der Waals surface area contributed by atoms with Gasteiger partial charge < -0.3 is 4.90 Å². The van der Waals surface area contributed by atoms with Crippen molar-refractivity contribution in [3.63, 3.8) is 0 Å². The molecular formula is C6H12NO. The van der Waals surface area contributed by atoms with Crippen LogP contribution in [0.4, 0.5) is 0 Å². The van der Waals surface area contributed by atoms with E-state index in [0.717, 1.165) is 0 Å². The minimum atomic E-state index is 0.326. The Morgan fingerprint density at radius 1 is 1.62 bits per heavy atom. The average Bonchev–Trinajstić information content (AvgIpc) is 1.67. The van der Waals surface area contributed by atoms with Gasteiger partial charge in [0.05, 0.1) is 0 Å². The van der Waals surface area contributed by atoms with E-state index >= 15 is 0 Å². The van der Waals surface area contributed by atoms with Gasteiger partial charge in [0.2, 0.25) is 0 Å². The molecule has 1 atom stereocenters. The zero-order valence-electron chi connectivity index (χ0n) is 5.64. The minimum Gasteiger partial charge on any atom is -0.306 e. The standard InChI is InChI=1S/C6H12NO/c1-6(4-5-8)7(2)3/h6H,4H2,1-3H3. The normalized spacial score (nSPS) is 14.0. The monoisotopic (exact) mass is 114 g/mol. The average molecular weight is 114 g/mol. The maximum Gasteiger partial charge on any atom is 0.199 e. The molecule has 0 heterocycles. The van der Waals surface area contributed by atoms with Crippen LogP contribution in [0.3, 0.4) is 0 Å². The molecule has 0 N–H and O–H groups in total. The van der Waals surface area contributed by atoms with Gasteiger partial charge in [-0.15, -0.1) is 0 Å². The summed E-state index contributed by atoms with van der Waals surface area (Å²) in [7, 11) is 3.89. The fraction of sp³-hybridized carbons (Fsp3) is 0.833. The summed E-state index contributed by atoms with van der Waals surface area (Å²) < 4.78 is 0. The van der Waals surface area contributed by atoms with Gasteiger partial charge in [0.15, 0.2) is 6.29 Å². The second-order valence-electron chi connectivity index (χ2n) is 2.16. The summed E-state index contributed by atoms with van der Waals surface area (Å²) in [6, 6.07) is 0.326. The van der Waals surface area contributed by atoms with Gasteiger partial charge in [-0.2, -0.15) is 0 Å². The smallest absolute Gasteiger partial charge is 0.199 e. The Bertz CT molecular complexity index is 70.9. The van der Waals surface area contributed by atoms with Crippen LogP contribution in [-0.4, -0.2) is 31.3 Å². The molecule has 0 fully saturated rings. The molecule has 0 aliphatic rings. The zero-order chi connectivity index (χ0) is 6.57. The van der Waals surface area contributed by atoms with Crippen LogP contribution in [0.1, 0.15) is 13.3 Å². The lowest BCUT2D eigenvalue weighted by Gasteiger charge is -2.15. The molecule has 2 nitrogen and oxygen atoms in total. The van der Waals surface area contributed by atoms with Crippen molar-refractivity contribution in [1.82, 2.24) is 4.90 Å². The summed E-state index contributed by atoms with van der Waals surface area (Å²) in [5.74, 6) is 0. The molecule has 0 bridgehead atoms. The summed E-state index contributed by atoms with van der Waals surface area (Å²) in [6.07, 6.45) is 2.36. The van der Waals surface area contributed by atoms with Gasteiger partial charge in [0.1, 0.15) is 0 Å². The van der Waals surface area contributed by atoms with Crippen molar-refractivity contribution in [1.29, 1.82) is 0 Å². The zero-order valence-corrected chi connectivity index (χ0v) is 5.64. The summed E-state index contributed by atoms with van der Waals surface area (Å²) in [6.45, 7) is 1.99. The number of carbonyl (C=O) groups excluding carboxylic acids is 1. The number of hydrogen-bond donors (Lipinski definition) is 0. The van der Waals surface area contributed by atoms with E-state index in [1.54, 1.807) is 0 Å². The molecule has 0 aromatic rings. The van der Waals surface area contributed by atoms with E-state index in [-0.39, 0.29) is 0 Å². The first-order valence-corrected chi connectivity index (χ1v) is 2.70. The van der Waals surface area contributed by atoms with E-state index in [1.165, 1.54) is 0 Å². The van der Waals surface area contributed by atoms with Gasteiger partial charge in [-0.3, -0.25) is 4.79 Å². The van der Waals surface area contributed by atoms with Crippen molar-refractivity contribution in [2.45, 2.75) is 19.4 Å². The highest BCUT2D eigenvalue weighted by molar-refractivity contribution is 5.51. The third-order valence-corrected chi connectivity index (χ3v) is 1.26. The third kappa shape index (κ3) is 2.75. The molecule has 0 saturated carbocycles. The summed E-state index contributed by atoms with van der Waals surface area (Å²) >= 11 is 0. The molecule has 8 heavy (non-hydrogen) atoms. The molecule has 0 spiro atoms. The minimum absolute atomic E-state index is 0.326. The fourth-order valence-electron chi connectivity index (χ4n) is 0.303. The van der Waals surface area contributed by atoms with Crippen molar-refractivity contribution in [2.75, 3.05) is 14.1 Å². The summed E-state index contributed by atoms with van der Waals surface area (Å²) in [5.41, 5.74) is 0. The van der Waals surface area contributed by atoms with Crippen molar-refractivity contribution in [3.05, 3.63) is 0 Å². The Morgan fingerprint density at radius 2 is 2.12 bits per heavy atom. The third-order valence-electron chi connectivity index (χ3n) is 1.26. The lowest BCUT2D eigenvalue weighted by atomic mass is 10.2. The van der Waals surface area contributed by atoms with Crippen molar-refractivity contribution >= 4 is 6.29 Å². The first kappa shape index (κ1) is 7.63. The van der Waals surface area contributed by atoms with Crippen LogP contribution in [0.5, 0.6) is 0 Å². The van der Waals surface area contributed by atoms with Gasteiger partial charge in [0.25, 0.3) is 0 Å². The highest BCUT2D eigenvalue weighted by Crippen LogP contribution is 1.92. The second-order valence-corrected chi connectivity index (χ2v) is 2.16. The van der Waals surface area contributed by atoms with Gasteiger partial charge in [0, 0.05) is 12.5 Å². The second kappa shape index (κ2) is 3.61. The largest absolute Gasteiger partial charge is 0.306 e. The van der Waals surface area contributed by atoms with Crippen LogP contribution in [0.25, 0.3) is 0 Å². The number of nitrogens with zero attached hydrogens (tertiary/aromatic N) is 1. The molecule has 2 heteroatoms. The molecule has 0 aliphatic heterocycles. The molecule has 1 unspecified atom stereocenters. The van der Waals surface area contributed by atoms with Crippen LogP contribution in [0.15, 0.2) is 0 Å². The molecule has 1 radical (unpaired) electrons. The van der Waals surface area contributed by atoms with Gasteiger partial charge in [-0.25, -0.2) is 0 Å². The van der Waals surface area contributed by atoms with Crippen LogP contribution in [0.2, 0.25) is 0 Å². The van der Waals surface area contributed by atoms with Crippen LogP contribution in [0, 0.1) is 0 Å². The Balaban J connectivity index is 3.30. The topological polar surface area (TPSA) is 20.3 Å². The van der Waals surface area contributed by atoms with E-state index < -0.39 is 0 Å². The van der Waals surface area contributed by atoms with Gasteiger partial charge >= 0.3 is 0 Å². The Morgan fingerprint density at radius 3 is 2.25 bits per heavy atom. The lowest BCUT2D eigenvalue weighted by Crippen LogP contribution is -2.24. The van der Waals surface area contributed by atoms with E-state index in [2.05, 4.69) is 0 Å². The van der Waals surface area contributed by atoms with E-state index in [0.29, 0.717) is 12.5 Å². The Kier molecular flexibility index (Phi) is 3.44. The maximum atomic E-state index is 9.77. The molecule has 0 saturated heterocycles. The highest BCUT2D eigenvalue weighted by atomic mass is 16.1. The number of rotatable bonds is 3. The van der Waals surface area contributed by atoms with Crippen molar-refractivity contribution in [2.24, 2.45) is 0 Å². The van der Waals surface area contributed by atoms with Crippen molar-refractivity contribution < 1.29 is 4.79 Å². The first-order chi connectivity index (χ1) is 3.68. The number of hydrogen-bond acceptors (Lipinski definition) is 2. The molecule has 0 aliphatic carbocycles. The highest BCUT2D eigenvalue weighted by Gasteiger charge is 2.01. The van der Waals surface area contributed by atoms with E-state index in [4.69, 9.17) is 0 Å². The summed E-state index contributed by atoms with van der Waals surface area (Å²) in [5, 5.41) is 0. The molecular weight excluding hydrogens is 102 g/mol. The first-order valence-electron chi connectivity index (χ1n) is 2.70. The van der Waals surface area contributed by atoms with Gasteiger partial charge in [-0.05, 0) is 21.0 Å². The quantitative estimate of drug-likeness (QED) is 0.530. The van der Waals surface area contributed by atoms with E-state index in [1.807, 2.05) is 32.2 Å². The van der Waals surface area contributed by atoms with Crippen molar-refractivity contribution in [3.8, 4) is 0 Å². The van der Waals surface area contributed by atoms with E-state index in [9.17, 15) is 4.79 Å². The molecule has 0 rings (SSSR count).